The molecule has 2 aromatic rings. The molecule has 2 rings (SSSR count). The molecule has 0 aromatic heterocycles. The van der Waals surface area contributed by atoms with Gasteiger partial charge in [0.05, 0.1) is 16.8 Å². The molecule has 0 atom stereocenters. The normalized spacial score (nSPS) is 10.6. The van der Waals surface area contributed by atoms with E-state index in [-0.39, 0.29) is 34.3 Å². The SMILES string of the molecule is O=C(O)c1ccccc1Nc1cccc(C(F)(F)F)c1.[Al+3]. The van der Waals surface area contributed by atoms with Gasteiger partial charge in [-0.2, -0.15) is 13.2 Å². The molecule has 104 valence electrons. The van der Waals surface area contributed by atoms with E-state index < -0.39 is 17.7 Å². The van der Waals surface area contributed by atoms with Crippen molar-refractivity contribution in [1.82, 2.24) is 0 Å². The van der Waals surface area contributed by atoms with E-state index in [1.54, 1.807) is 12.1 Å². The van der Waals surface area contributed by atoms with Crippen LogP contribution in [0.3, 0.4) is 0 Å². The van der Waals surface area contributed by atoms with Crippen molar-refractivity contribution in [2.45, 2.75) is 6.18 Å². The molecule has 0 aliphatic heterocycles. The number of alkyl halides is 3. The maximum Gasteiger partial charge on any atom is 3.00 e. The zero-order chi connectivity index (χ0) is 14.8. The Morgan fingerprint density at radius 1 is 1.05 bits per heavy atom. The van der Waals surface area contributed by atoms with Crippen molar-refractivity contribution < 1.29 is 23.1 Å². The Labute approximate surface area is 129 Å². The molecule has 0 aliphatic rings. The van der Waals surface area contributed by atoms with Gasteiger partial charge < -0.3 is 10.4 Å². The molecule has 0 heterocycles. The summed E-state index contributed by atoms with van der Waals surface area (Å²) >= 11 is 0. The van der Waals surface area contributed by atoms with Crippen LogP contribution in [0.1, 0.15) is 15.9 Å². The summed E-state index contributed by atoms with van der Waals surface area (Å²) < 4.78 is 37.8. The Morgan fingerprint density at radius 2 is 1.71 bits per heavy atom. The summed E-state index contributed by atoms with van der Waals surface area (Å²) in [5, 5.41) is 11.7. The van der Waals surface area contributed by atoms with Crippen molar-refractivity contribution in [2.75, 3.05) is 5.32 Å². The van der Waals surface area contributed by atoms with E-state index in [9.17, 15) is 18.0 Å². The van der Waals surface area contributed by atoms with E-state index in [1.165, 1.54) is 24.3 Å². The number of hydrogen-bond acceptors (Lipinski definition) is 2. The quantitative estimate of drug-likeness (QED) is 0.849. The third kappa shape index (κ3) is 4.25. The van der Waals surface area contributed by atoms with Gasteiger partial charge in [0.1, 0.15) is 0 Å². The van der Waals surface area contributed by atoms with Crippen molar-refractivity contribution in [2.24, 2.45) is 0 Å². The number of rotatable bonds is 3. The first kappa shape index (κ1) is 17.1. The first-order valence-electron chi connectivity index (χ1n) is 5.64. The number of hydrogen-bond donors (Lipinski definition) is 2. The Bertz CT molecular complexity index is 644. The summed E-state index contributed by atoms with van der Waals surface area (Å²) in [5.41, 5.74) is -0.395. The van der Waals surface area contributed by atoms with Gasteiger partial charge in [-0.15, -0.1) is 0 Å². The Kier molecular flexibility index (Phi) is 5.42. The smallest absolute Gasteiger partial charge is 0.478 e. The van der Waals surface area contributed by atoms with Gasteiger partial charge >= 0.3 is 29.5 Å². The van der Waals surface area contributed by atoms with Crippen LogP contribution in [0.25, 0.3) is 0 Å². The van der Waals surface area contributed by atoms with Crippen LogP contribution in [0.2, 0.25) is 0 Å². The molecule has 0 spiro atoms. The van der Waals surface area contributed by atoms with Gasteiger partial charge in [-0.3, -0.25) is 0 Å². The van der Waals surface area contributed by atoms with E-state index in [0.29, 0.717) is 0 Å². The molecular weight excluding hydrogens is 298 g/mol. The molecule has 21 heavy (non-hydrogen) atoms. The van der Waals surface area contributed by atoms with Crippen LogP contribution in [0.15, 0.2) is 48.5 Å². The van der Waals surface area contributed by atoms with Crippen molar-refractivity contribution in [1.29, 1.82) is 0 Å². The van der Waals surface area contributed by atoms with Crippen LogP contribution in [0.5, 0.6) is 0 Å². The van der Waals surface area contributed by atoms with E-state index in [1.807, 2.05) is 0 Å². The molecule has 7 heteroatoms. The topological polar surface area (TPSA) is 49.3 Å². The van der Waals surface area contributed by atoms with Gasteiger partial charge in [-0.25, -0.2) is 4.79 Å². The van der Waals surface area contributed by atoms with Crippen LogP contribution in [0.4, 0.5) is 24.5 Å². The maximum absolute atomic E-state index is 12.6. The number of halogens is 3. The van der Waals surface area contributed by atoms with E-state index in [4.69, 9.17) is 5.11 Å². The van der Waals surface area contributed by atoms with Gasteiger partial charge in [-0.1, -0.05) is 18.2 Å². The molecule has 0 unspecified atom stereocenters. The number of benzene rings is 2. The fraction of sp³-hybridized carbons (Fsp3) is 0.0714. The predicted molar refractivity (Wildman–Crippen MR) is 73.9 cm³/mol. The molecule has 0 saturated carbocycles. The van der Waals surface area contributed by atoms with E-state index in [0.717, 1.165) is 12.1 Å². The minimum atomic E-state index is -4.44. The molecule has 0 radical (unpaired) electrons. The molecule has 0 amide bonds. The number of anilines is 2. The molecule has 0 bridgehead atoms. The molecule has 2 N–H and O–H groups in total. The Balaban J connectivity index is 0.00000220. The fourth-order valence-corrected chi connectivity index (χ4v) is 1.71. The number of para-hydroxylation sites is 1. The fourth-order valence-electron chi connectivity index (χ4n) is 1.71. The minimum Gasteiger partial charge on any atom is -0.478 e. The van der Waals surface area contributed by atoms with Gasteiger partial charge in [0.2, 0.25) is 0 Å². The average molecular weight is 308 g/mol. The standard InChI is InChI=1S/C14H10F3NO2.Al/c15-14(16,17)9-4-3-5-10(8-9)18-12-7-2-1-6-11(12)13(19)20;/h1-8,18H,(H,19,20);/q;+3. The van der Waals surface area contributed by atoms with Crippen molar-refractivity contribution in [3.05, 3.63) is 59.7 Å². The van der Waals surface area contributed by atoms with Gasteiger partial charge in [-0.05, 0) is 30.3 Å². The number of nitrogens with one attached hydrogen (secondary N) is 1. The summed E-state index contributed by atoms with van der Waals surface area (Å²) in [6.07, 6.45) is -4.44. The Morgan fingerprint density at radius 3 is 2.33 bits per heavy atom. The molecule has 0 saturated heterocycles. The zero-order valence-corrected chi connectivity index (χ0v) is 11.8. The van der Waals surface area contributed by atoms with Gasteiger partial charge in [0, 0.05) is 5.69 Å². The first-order chi connectivity index (χ1) is 9.38. The van der Waals surface area contributed by atoms with Crippen LogP contribution >= 0.6 is 0 Å². The summed E-state index contributed by atoms with van der Waals surface area (Å²) in [6, 6.07) is 10.6. The maximum atomic E-state index is 12.6. The van der Waals surface area contributed by atoms with Crippen molar-refractivity contribution >= 4 is 34.7 Å². The third-order valence-electron chi connectivity index (χ3n) is 2.63. The second-order valence-electron chi connectivity index (χ2n) is 4.05. The summed E-state index contributed by atoms with van der Waals surface area (Å²) in [5.74, 6) is -1.15. The van der Waals surface area contributed by atoms with Crippen molar-refractivity contribution in [3.63, 3.8) is 0 Å². The largest absolute Gasteiger partial charge is 3.00 e. The molecule has 2 aromatic carbocycles. The van der Waals surface area contributed by atoms with Crippen molar-refractivity contribution in [3.8, 4) is 0 Å². The minimum absolute atomic E-state index is 0. The molecular formula is C14H10AlF3NO2+3. The molecule has 0 fully saturated rings. The molecule has 3 nitrogen and oxygen atoms in total. The van der Waals surface area contributed by atoms with Crippen LogP contribution in [-0.4, -0.2) is 28.4 Å². The number of carboxylic acids is 1. The van der Waals surface area contributed by atoms with E-state index >= 15 is 0 Å². The first-order valence-corrected chi connectivity index (χ1v) is 5.64. The average Bonchev–Trinajstić information content (AvgIpc) is 2.38. The second kappa shape index (κ2) is 6.66. The van der Waals surface area contributed by atoms with Crippen LogP contribution < -0.4 is 5.32 Å². The summed E-state index contributed by atoms with van der Waals surface area (Å²) in [6.45, 7) is 0. The molecule has 0 aliphatic carbocycles. The van der Waals surface area contributed by atoms with Gasteiger partial charge in [0.25, 0.3) is 0 Å². The van der Waals surface area contributed by atoms with E-state index in [2.05, 4.69) is 5.32 Å². The monoisotopic (exact) mass is 308 g/mol. The summed E-state index contributed by atoms with van der Waals surface area (Å²) in [4.78, 5) is 11.0. The van der Waals surface area contributed by atoms with Crippen LogP contribution in [-0.2, 0) is 6.18 Å². The zero-order valence-electron chi connectivity index (χ0n) is 10.7. The second-order valence-corrected chi connectivity index (χ2v) is 4.05. The third-order valence-corrected chi connectivity index (χ3v) is 2.63. The predicted octanol–water partition coefficient (Wildman–Crippen LogP) is 3.77. The number of aromatic carboxylic acids is 1. The van der Waals surface area contributed by atoms with Crippen LogP contribution in [0, 0.1) is 0 Å². The number of carboxylic acid groups (broad SMARTS) is 1. The van der Waals surface area contributed by atoms with Gasteiger partial charge in [0.15, 0.2) is 0 Å². The number of carbonyl (C=O) groups is 1. The summed E-state index contributed by atoms with van der Waals surface area (Å²) in [7, 11) is 0. The Hall–Kier alpha value is -1.97.